The first-order valence-electron chi connectivity index (χ1n) is 19.3. The fourth-order valence-corrected chi connectivity index (χ4v) is 11.2. The van der Waals surface area contributed by atoms with E-state index in [9.17, 15) is 0 Å². The number of unbranched alkanes of at least 4 members (excludes halogenated alkanes) is 5. The van der Waals surface area contributed by atoms with Crippen molar-refractivity contribution in [3.63, 3.8) is 0 Å². The van der Waals surface area contributed by atoms with Crippen LogP contribution in [0.25, 0.3) is 52.9 Å². The van der Waals surface area contributed by atoms with E-state index >= 15 is 0 Å². The highest BCUT2D eigenvalue weighted by Crippen LogP contribution is 2.42. The van der Waals surface area contributed by atoms with Gasteiger partial charge in [-0.15, -0.1) is 22.7 Å². The van der Waals surface area contributed by atoms with E-state index in [1.54, 1.807) is 21.3 Å². The Bertz CT molecular complexity index is 2000. The lowest BCUT2D eigenvalue weighted by Crippen LogP contribution is -2.54. The summed E-state index contributed by atoms with van der Waals surface area (Å²) in [5.41, 5.74) is 12.0. The molecule has 0 aliphatic carbocycles. The number of hydrogen-bond donors (Lipinski definition) is 0. The Labute approximate surface area is 327 Å². The average Bonchev–Trinajstić information content (AvgIpc) is 3.92. The molecule has 4 aromatic carbocycles. The number of thiophene rings is 2. The van der Waals surface area contributed by atoms with Crippen molar-refractivity contribution in [2.24, 2.45) is 0 Å². The van der Waals surface area contributed by atoms with Gasteiger partial charge in [0, 0.05) is 46.0 Å². The van der Waals surface area contributed by atoms with Crippen molar-refractivity contribution in [2.75, 3.05) is 21.3 Å². The van der Waals surface area contributed by atoms with Crippen molar-refractivity contribution >= 4 is 36.7 Å². The molecule has 0 amide bonds. The molecule has 276 valence electrons. The Hall–Kier alpha value is -3.62. The first-order valence-corrected chi connectivity index (χ1v) is 22.6. The van der Waals surface area contributed by atoms with E-state index in [0.717, 1.165) is 23.6 Å². The summed E-state index contributed by atoms with van der Waals surface area (Å²) in [5, 5.41) is 0.946. The van der Waals surface area contributed by atoms with Crippen LogP contribution >= 0.6 is 22.7 Å². The third-order valence-corrected chi connectivity index (χ3v) is 15.5. The zero-order valence-electron chi connectivity index (χ0n) is 32.3. The van der Waals surface area contributed by atoms with Crippen LogP contribution < -0.4 is 5.19 Å². The van der Waals surface area contributed by atoms with Gasteiger partial charge in [-0.2, -0.15) is 0 Å². The van der Waals surface area contributed by atoms with Crippen LogP contribution in [0, 0.1) is 0 Å². The van der Waals surface area contributed by atoms with Gasteiger partial charge in [-0.05, 0) is 112 Å². The number of aryl methyl sites for hydroxylation is 3. The summed E-state index contributed by atoms with van der Waals surface area (Å²) in [4.78, 5) is 5.23. The first-order chi connectivity index (χ1) is 25.9. The van der Waals surface area contributed by atoms with E-state index in [1.807, 2.05) is 34.8 Å². The van der Waals surface area contributed by atoms with Crippen molar-refractivity contribution in [3.8, 4) is 52.9 Å². The van der Waals surface area contributed by atoms with Crippen LogP contribution in [0.4, 0.5) is 0 Å². The molecule has 53 heavy (non-hydrogen) atoms. The Morgan fingerprint density at radius 2 is 0.906 bits per heavy atom. The van der Waals surface area contributed by atoms with Crippen LogP contribution in [0.3, 0.4) is 0 Å². The van der Waals surface area contributed by atoms with Crippen molar-refractivity contribution < 1.29 is 13.3 Å². The smallest absolute Gasteiger partial charge is 0.373 e. The summed E-state index contributed by atoms with van der Waals surface area (Å²) >= 11 is 3.76. The molecule has 0 saturated carbocycles. The maximum Gasteiger partial charge on any atom is 0.536 e. The van der Waals surface area contributed by atoms with Crippen LogP contribution in [-0.2, 0) is 32.5 Å². The maximum atomic E-state index is 5.64. The minimum absolute atomic E-state index is 0.946. The summed E-state index contributed by atoms with van der Waals surface area (Å²) in [7, 11) is 2.07. The molecule has 0 saturated heterocycles. The quantitative estimate of drug-likeness (QED) is 0.0645. The summed E-state index contributed by atoms with van der Waals surface area (Å²) in [6.07, 6.45) is 11.3. The van der Waals surface area contributed by atoms with E-state index in [2.05, 4.69) is 118 Å². The number of hydrogen-bond acceptors (Lipinski definition) is 5. The molecule has 0 fully saturated rings. The predicted molar refractivity (Wildman–Crippen MR) is 232 cm³/mol. The average molecular weight is 759 g/mol. The molecule has 6 aromatic rings. The molecule has 0 N–H and O–H groups in total. The molecule has 0 atom stereocenters. The molecule has 0 aliphatic heterocycles. The first kappa shape index (κ1) is 39.1. The number of benzene rings is 4. The fraction of sp³-hybridized carbons (Fsp3) is 0.319. The van der Waals surface area contributed by atoms with E-state index < -0.39 is 8.80 Å². The minimum Gasteiger partial charge on any atom is -0.373 e. The normalized spacial score (nSPS) is 11.7. The molecule has 6 rings (SSSR count). The molecule has 2 heterocycles. The standard InChI is InChI=1S/C47H54O3S2Si/c1-7-10-11-12-13-14-15-34-16-18-40(19-17-34)47-35(8-2)32-41(33-36(47)9-3)44-29-31-46(52-44)45-30-28-43(51-45)39-22-20-37(21-23-39)38-24-26-42(27-25-38)53(48-4,49-5)50-6/h16-33H,7-15H2,1-6H3. The Balaban J connectivity index is 1.15. The van der Waals surface area contributed by atoms with E-state index in [0.29, 0.717) is 0 Å². The van der Waals surface area contributed by atoms with Crippen LogP contribution in [-0.4, -0.2) is 30.1 Å². The van der Waals surface area contributed by atoms with Crippen LogP contribution in [0.5, 0.6) is 0 Å². The molecular formula is C47H54O3S2Si. The van der Waals surface area contributed by atoms with Gasteiger partial charge < -0.3 is 13.3 Å². The largest absolute Gasteiger partial charge is 0.536 e. The monoisotopic (exact) mass is 758 g/mol. The molecule has 6 heteroatoms. The Morgan fingerprint density at radius 3 is 1.43 bits per heavy atom. The van der Waals surface area contributed by atoms with Crippen molar-refractivity contribution in [2.45, 2.75) is 78.6 Å². The third-order valence-electron chi connectivity index (χ3n) is 10.4. The molecule has 0 radical (unpaired) electrons. The zero-order valence-corrected chi connectivity index (χ0v) is 34.9. The molecule has 0 unspecified atom stereocenters. The second-order valence-corrected chi connectivity index (χ2v) is 18.8. The van der Waals surface area contributed by atoms with Gasteiger partial charge in [-0.25, -0.2) is 0 Å². The predicted octanol–water partition coefficient (Wildman–Crippen LogP) is 13.3. The third kappa shape index (κ3) is 9.02. The zero-order chi connectivity index (χ0) is 37.2. The highest BCUT2D eigenvalue weighted by atomic mass is 32.1. The molecule has 3 nitrogen and oxygen atoms in total. The Kier molecular flexibility index (Phi) is 13.7. The lowest BCUT2D eigenvalue weighted by Gasteiger charge is -2.24. The van der Waals surface area contributed by atoms with Crippen molar-refractivity contribution in [1.29, 1.82) is 0 Å². The number of rotatable bonds is 18. The van der Waals surface area contributed by atoms with Gasteiger partial charge in [0.2, 0.25) is 0 Å². The Morgan fingerprint density at radius 1 is 0.453 bits per heavy atom. The second kappa shape index (κ2) is 18.6. The molecule has 0 bridgehead atoms. The summed E-state index contributed by atoms with van der Waals surface area (Å²) in [6, 6.07) is 40.6. The van der Waals surface area contributed by atoms with Gasteiger partial charge in [0.05, 0.1) is 0 Å². The maximum absolute atomic E-state index is 5.64. The summed E-state index contributed by atoms with van der Waals surface area (Å²) in [5.74, 6) is 0. The molecular weight excluding hydrogens is 705 g/mol. The summed E-state index contributed by atoms with van der Waals surface area (Å²) < 4.78 is 16.9. The lowest BCUT2D eigenvalue weighted by molar-refractivity contribution is 0.140. The SMILES string of the molecule is CCCCCCCCc1ccc(-c2c(CC)cc(-c3ccc(-c4ccc(-c5ccc(-c6ccc([Si](OC)(OC)OC)cc6)cc5)s4)s3)cc2CC)cc1. The van der Waals surface area contributed by atoms with Gasteiger partial charge in [0.1, 0.15) is 0 Å². The van der Waals surface area contributed by atoms with Crippen molar-refractivity contribution in [3.05, 3.63) is 126 Å². The topological polar surface area (TPSA) is 27.7 Å². The van der Waals surface area contributed by atoms with Gasteiger partial charge in [0.15, 0.2) is 0 Å². The molecule has 2 aromatic heterocycles. The highest BCUT2D eigenvalue weighted by molar-refractivity contribution is 7.25. The van der Waals surface area contributed by atoms with Crippen LogP contribution in [0.15, 0.2) is 109 Å². The highest BCUT2D eigenvalue weighted by Gasteiger charge is 2.40. The van der Waals surface area contributed by atoms with Gasteiger partial charge >= 0.3 is 8.80 Å². The molecule has 0 aliphatic rings. The van der Waals surface area contributed by atoms with E-state index in [4.69, 9.17) is 13.3 Å². The van der Waals surface area contributed by atoms with E-state index in [-0.39, 0.29) is 0 Å². The summed E-state index contributed by atoms with van der Waals surface area (Å²) in [6.45, 7) is 6.87. The minimum atomic E-state index is -2.84. The van der Waals surface area contributed by atoms with Gasteiger partial charge in [0.25, 0.3) is 0 Å². The second-order valence-electron chi connectivity index (χ2n) is 13.7. The van der Waals surface area contributed by atoms with Crippen LogP contribution in [0.1, 0.15) is 76.0 Å². The van der Waals surface area contributed by atoms with E-state index in [1.165, 1.54) is 109 Å². The van der Waals surface area contributed by atoms with Crippen molar-refractivity contribution in [1.82, 2.24) is 0 Å². The fourth-order valence-electron chi connectivity index (χ4n) is 7.33. The van der Waals surface area contributed by atoms with Crippen LogP contribution in [0.2, 0.25) is 0 Å². The van der Waals surface area contributed by atoms with Gasteiger partial charge in [-0.1, -0.05) is 126 Å². The lowest BCUT2D eigenvalue weighted by atomic mass is 9.89. The molecule has 0 spiro atoms. The van der Waals surface area contributed by atoms with Gasteiger partial charge in [-0.3, -0.25) is 0 Å².